The van der Waals surface area contributed by atoms with Gasteiger partial charge in [-0.2, -0.15) is 0 Å². The Morgan fingerprint density at radius 1 is 1.04 bits per heavy atom. The highest BCUT2D eigenvalue weighted by Gasteiger charge is 2.24. The third-order valence-corrected chi connectivity index (χ3v) is 4.04. The van der Waals surface area contributed by atoms with E-state index >= 15 is 0 Å². The third-order valence-electron chi connectivity index (χ3n) is 4.04. The summed E-state index contributed by atoms with van der Waals surface area (Å²) in [7, 11) is 1.85. The average Bonchev–Trinajstić information content (AvgIpc) is 2.53. The van der Waals surface area contributed by atoms with Gasteiger partial charge in [-0.05, 0) is 43.7 Å². The molecule has 0 saturated carbocycles. The molecule has 5 heteroatoms. The van der Waals surface area contributed by atoms with E-state index in [1.54, 1.807) is 0 Å². The fourth-order valence-electron chi connectivity index (χ4n) is 2.52. The fraction of sp³-hybridized carbons (Fsp3) is 0.368. The predicted molar refractivity (Wildman–Crippen MR) is 97.1 cm³/mol. The summed E-state index contributed by atoms with van der Waals surface area (Å²) in [6.45, 7) is 5.94. The summed E-state index contributed by atoms with van der Waals surface area (Å²) in [6.07, 6.45) is 0. The van der Waals surface area contributed by atoms with Crippen LogP contribution in [0.3, 0.4) is 0 Å². The van der Waals surface area contributed by atoms with E-state index in [2.05, 4.69) is 10.6 Å². The molecule has 2 rings (SSSR count). The number of rotatable bonds is 6. The van der Waals surface area contributed by atoms with E-state index in [1.807, 2.05) is 70.3 Å². The zero-order chi connectivity index (χ0) is 17.7. The van der Waals surface area contributed by atoms with Gasteiger partial charge < -0.3 is 15.5 Å². The first kappa shape index (κ1) is 17.9. The minimum absolute atomic E-state index is 0.0483. The Bertz CT molecular complexity index is 727. The Labute approximate surface area is 143 Å². The van der Waals surface area contributed by atoms with Gasteiger partial charge in [0.2, 0.25) is 0 Å². The lowest BCUT2D eigenvalue weighted by Crippen LogP contribution is -3.15. The number of quaternary nitrogens is 1. The zero-order valence-corrected chi connectivity index (χ0v) is 14.7. The van der Waals surface area contributed by atoms with Crippen LogP contribution in [0.1, 0.15) is 20.8 Å². The molecule has 0 radical (unpaired) electrons. The van der Waals surface area contributed by atoms with Crippen molar-refractivity contribution in [1.82, 2.24) is 5.32 Å². The summed E-state index contributed by atoms with van der Waals surface area (Å²) in [6, 6.07) is 13.6. The predicted octanol–water partition coefficient (Wildman–Crippen LogP) is 1.21. The molecular weight excluding hydrogens is 302 g/mol. The topological polar surface area (TPSA) is 62.6 Å². The van der Waals surface area contributed by atoms with Crippen LogP contribution in [0, 0.1) is 0 Å². The molecule has 5 nitrogen and oxygen atoms in total. The molecule has 2 atom stereocenters. The smallest absolute Gasteiger partial charge is 0.282 e. The van der Waals surface area contributed by atoms with Crippen LogP contribution in [0.25, 0.3) is 10.8 Å². The molecule has 128 valence electrons. The minimum Gasteiger partial charge on any atom is -0.349 e. The van der Waals surface area contributed by atoms with E-state index < -0.39 is 0 Å². The van der Waals surface area contributed by atoms with Gasteiger partial charge in [0.25, 0.3) is 11.8 Å². The molecule has 0 spiro atoms. The molecule has 0 fully saturated rings. The summed E-state index contributed by atoms with van der Waals surface area (Å²) in [5.74, 6) is -0.145. The van der Waals surface area contributed by atoms with Crippen molar-refractivity contribution >= 4 is 28.3 Å². The molecule has 2 aromatic rings. The lowest BCUT2D eigenvalue weighted by Gasteiger charge is -2.21. The molecule has 0 heterocycles. The number of hydrogen-bond donors (Lipinski definition) is 3. The lowest BCUT2D eigenvalue weighted by molar-refractivity contribution is -0.885. The van der Waals surface area contributed by atoms with Crippen molar-refractivity contribution in [2.24, 2.45) is 0 Å². The molecule has 0 bridgehead atoms. The molecule has 24 heavy (non-hydrogen) atoms. The molecule has 1 unspecified atom stereocenters. The van der Waals surface area contributed by atoms with Crippen molar-refractivity contribution in [3.8, 4) is 0 Å². The number of anilines is 1. The molecule has 0 aromatic heterocycles. The van der Waals surface area contributed by atoms with Gasteiger partial charge in [0.15, 0.2) is 12.6 Å². The van der Waals surface area contributed by atoms with Crippen molar-refractivity contribution in [3.05, 3.63) is 42.5 Å². The number of nitrogens with one attached hydrogen (secondary N) is 3. The van der Waals surface area contributed by atoms with Gasteiger partial charge in [0.05, 0.1) is 7.05 Å². The molecule has 0 aliphatic heterocycles. The number of likely N-dealkylation sites (N-methyl/N-ethyl adjacent to an activating group) is 1. The van der Waals surface area contributed by atoms with Crippen LogP contribution >= 0.6 is 0 Å². The summed E-state index contributed by atoms with van der Waals surface area (Å²) in [5.41, 5.74) is 0.769. The normalized spacial score (nSPS) is 13.5. The minimum atomic E-state index is -0.325. The van der Waals surface area contributed by atoms with Gasteiger partial charge in [-0.3, -0.25) is 9.59 Å². The summed E-state index contributed by atoms with van der Waals surface area (Å²) >= 11 is 0. The van der Waals surface area contributed by atoms with Crippen molar-refractivity contribution < 1.29 is 14.5 Å². The van der Waals surface area contributed by atoms with Crippen LogP contribution in [0.5, 0.6) is 0 Å². The standard InChI is InChI=1S/C19H25N3O2/c1-13(2)20-18(23)12-22(4)14(3)19(24)21-17-10-9-15-7-5-6-8-16(15)11-17/h5-11,13-14H,12H2,1-4H3,(H,20,23)(H,21,24)/p+1/t14-/m0/s1. The molecule has 2 aromatic carbocycles. The van der Waals surface area contributed by atoms with Crippen LogP contribution in [0.15, 0.2) is 42.5 Å². The maximum Gasteiger partial charge on any atom is 0.282 e. The molecule has 0 aliphatic carbocycles. The van der Waals surface area contributed by atoms with Gasteiger partial charge in [-0.1, -0.05) is 30.3 Å². The van der Waals surface area contributed by atoms with Crippen LogP contribution in [0.4, 0.5) is 5.69 Å². The SMILES string of the molecule is CC(C)NC(=O)C[NH+](C)[C@@H](C)C(=O)Nc1ccc2ccccc2c1. The Kier molecular flexibility index (Phi) is 5.93. The lowest BCUT2D eigenvalue weighted by atomic mass is 10.1. The summed E-state index contributed by atoms with van der Waals surface area (Å²) < 4.78 is 0. The van der Waals surface area contributed by atoms with Gasteiger partial charge >= 0.3 is 0 Å². The highest BCUT2D eigenvalue weighted by Crippen LogP contribution is 2.18. The van der Waals surface area contributed by atoms with Gasteiger partial charge in [-0.25, -0.2) is 0 Å². The quantitative estimate of drug-likeness (QED) is 0.746. The van der Waals surface area contributed by atoms with Gasteiger partial charge in [-0.15, -0.1) is 0 Å². The first-order valence-electron chi connectivity index (χ1n) is 8.28. The van der Waals surface area contributed by atoms with Crippen LogP contribution in [-0.2, 0) is 9.59 Å². The van der Waals surface area contributed by atoms with Crippen molar-refractivity contribution in [3.63, 3.8) is 0 Å². The average molecular weight is 328 g/mol. The molecule has 0 saturated heterocycles. The molecule has 3 N–H and O–H groups in total. The van der Waals surface area contributed by atoms with E-state index in [0.29, 0.717) is 0 Å². The maximum absolute atomic E-state index is 12.4. The van der Waals surface area contributed by atoms with Crippen molar-refractivity contribution in [2.45, 2.75) is 32.9 Å². The van der Waals surface area contributed by atoms with Crippen LogP contribution in [0.2, 0.25) is 0 Å². The maximum atomic E-state index is 12.4. The Hall–Kier alpha value is -2.40. The molecule has 2 amide bonds. The summed E-state index contributed by atoms with van der Waals surface area (Å²) in [5, 5.41) is 8.00. The summed E-state index contributed by atoms with van der Waals surface area (Å²) in [4.78, 5) is 25.1. The number of benzene rings is 2. The number of carbonyl (C=O) groups excluding carboxylic acids is 2. The molecule has 0 aliphatic rings. The van der Waals surface area contributed by atoms with Crippen molar-refractivity contribution in [2.75, 3.05) is 18.9 Å². The second kappa shape index (κ2) is 7.93. The Morgan fingerprint density at radius 2 is 1.71 bits per heavy atom. The largest absolute Gasteiger partial charge is 0.349 e. The number of carbonyl (C=O) groups is 2. The van der Waals surface area contributed by atoms with Gasteiger partial charge in [0.1, 0.15) is 0 Å². The number of fused-ring (bicyclic) bond motifs is 1. The van der Waals surface area contributed by atoms with Crippen LogP contribution in [-0.4, -0.2) is 37.5 Å². The third kappa shape index (κ3) is 4.80. The second-order valence-corrected chi connectivity index (χ2v) is 6.52. The Morgan fingerprint density at radius 3 is 2.38 bits per heavy atom. The highest BCUT2D eigenvalue weighted by molar-refractivity contribution is 5.96. The van der Waals surface area contributed by atoms with E-state index in [-0.39, 0.29) is 30.4 Å². The number of hydrogen-bond acceptors (Lipinski definition) is 2. The van der Waals surface area contributed by atoms with E-state index in [9.17, 15) is 9.59 Å². The highest BCUT2D eigenvalue weighted by atomic mass is 16.2. The van der Waals surface area contributed by atoms with Gasteiger partial charge in [0, 0.05) is 11.7 Å². The van der Waals surface area contributed by atoms with E-state index in [4.69, 9.17) is 0 Å². The van der Waals surface area contributed by atoms with Crippen LogP contribution < -0.4 is 15.5 Å². The zero-order valence-electron chi connectivity index (χ0n) is 14.7. The monoisotopic (exact) mass is 328 g/mol. The Balaban J connectivity index is 1.98. The number of amides is 2. The van der Waals surface area contributed by atoms with E-state index in [1.165, 1.54) is 0 Å². The fourth-order valence-corrected chi connectivity index (χ4v) is 2.52. The first-order valence-corrected chi connectivity index (χ1v) is 8.28. The van der Waals surface area contributed by atoms with E-state index in [0.717, 1.165) is 21.4 Å². The molecular formula is C19H26N3O2+. The van der Waals surface area contributed by atoms with Crippen molar-refractivity contribution in [1.29, 1.82) is 0 Å². The second-order valence-electron chi connectivity index (χ2n) is 6.52. The first-order chi connectivity index (χ1) is 11.4.